The first-order valence-corrected chi connectivity index (χ1v) is 5.00. The highest BCUT2D eigenvalue weighted by Crippen LogP contribution is 2.26. The molecule has 1 aromatic carbocycles. The van der Waals surface area contributed by atoms with Gasteiger partial charge < -0.3 is 5.73 Å². The monoisotopic (exact) mass is 273 g/mol. The van der Waals surface area contributed by atoms with Gasteiger partial charge in [0.05, 0.1) is 5.69 Å². The maximum Gasteiger partial charge on any atom is 0.433 e. The Morgan fingerprint density at radius 1 is 1.21 bits per heavy atom. The van der Waals surface area contributed by atoms with E-state index in [4.69, 9.17) is 5.73 Å². The lowest BCUT2D eigenvalue weighted by atomic mass is 10.2. The lowest BCUT2D eigenvalue weighted by Gasteiger charge is -2.09. The molecule has 8 heteroatoms. The molecule has 2 rings (SSSR count). The predicted molar refractivity (Wildman–Crippen MR) is 59.2 cm³/mol. The predicted octanol–water partition coefficient (Wildman–Crippen LogP) is 1.97. The standard InChI is InChI=1S/C11H7F4N3O/c12-7-3-6(16)1-2-8(7)18-5-17-9(4-10(18)19)11(13,14)15/h1-5H,16H2. The first kappa shape index (κ1) is 13.1. The second kappa shape index (κ2) is 4.38. The van der Waals surface area contributed by atoms with Gasteiger partial charge in [0, 0.05) is 11.8 Å². The summed E-state index contributed by atoms with van der Waals surface area (Å²) in [6, 6.07) is 3.76. The van der Waals surface area contributed by atoms with E-state index in [-0.39, 0.29) is 11.4 Å². The summed E-state index contributed by atoms with van der Waals surface area (Å²) in [6.07, 6.45) is -4.10. The van der Waals surface area contributed by atoms with Crippen LogP contribution >= 0.6 is 0 Å². The molecule has 0 bridgehead atoms. The summed E-state index contributed by atoms with van der Waals surface area (Å²) in [5, 5.41) is 0. The number of nitrogen functional groups attached to an aromatic ring is 1. The number of alkyl halides is 3. The highest BCUT2D eigenvalue weighted by Gasteiger charge is 2.33. The zero-order valence-electron chi connectivity index (χ0n) is 9.28. The van der Waals surface area contributed by atoms with E-state index in [1.165, 1.54) is 12.1 Å². The molecule has 0 amide bonds. The minimum Gasteiger partial charge on any atom is -0.399 e. The van der Waals surface area contributed by atoms with Crippen LogP contribution in [0.3, 0.4) is 0 Å². The van der Waals surface area contributed by atoms with E-state index >= 15 is 0 Å². The van der Waals surface area contributed by atoms with Crippen molar-refractivity contribution in [2.75, 3.05) is 5.73 Å². The third kappa shape index (κ3) is 2.56. The molecule has 0 saturated heterocycles. The summed E-state index contributed by atoms with van der Waals surface area (Å²) in [5.41, 5.74) is 2.88. The Labute approximate surface area is 104 Å². The van der Waals surface area contributed by atoms with Gasteiger partial charge in [0.15, 0.2) is 5.69 Å². The molecule has 2 aromatic rings. The molecule has 0 aliphatic heterocycles. The van der Waals surface area contributed by atoms with Crippen LogP contribution in [0.4, 0.5) is 23.2 Å². The van der Waals surface area contributed by atoms with Crippen LogP contribution in [0.5, 0.6) is 0 Å². The molecule has 0 fully saturated rings. The van der Waals surface area contributed by atoms with Gasteiger partial charge in [0.2, 0.25) is 0 Å². The van der Waals surface area contributed by atoms with Gasteiger partial charge in [-0.15, -0.1) is 0 Å². The van der Waals surface area contributed by atoms with Gasteiger partial charge in [0.25, 0.3) is 5.56 Å². The lowest BCUT2D eigenvalue weighted by molar-refractivity contribution is -0.141. The SMILES string of the molecule is Nc1ccc(-n2cnc(C(F)(F)F)cc2=O)c(F)c1. The third-order valence-corrected chi connectivity index (χ3v) is 2.33. The van der Waals surface area contributed by atoms with Crippen LogP contribution in [0.25, 0.3) is 5.69 Å². The van der Waals surface area contributed by atoms with Crippen molar-refractivity contribution in [3.05, 3.63) is 52.5 Å². The van der Waals surface area contributed by atoms with Crippen molar-refractivity contribution in [2.45, 2.75) is 6.18 Å². The number of hydrogen-bond acceptors (Lipinski definition) is 3. The van der Waals surface area contributed by atoms with Gasteiger partial charge in [0.1, 0.15) is 12.1 Å². The van der Waals surface area contributed by atoms with Crippen LogP contribution in [0.2, 0.25) is 0 Å². The fraction of sp³-hybridized carbons (Fsp3) is 0.0909. The van der Waals surface area contributed by atoms with Crippen LogP contribution in [-0.2, 0) is 6.18 Å². The molecule has 4 nitrogen and oxygen atoms in total. The van der Waals surface area contributed by atoms with E-state index in [9.17, 15) is 22.4 Å². The normalized spacial score (nSPS) is 11.6. The average Bonchev–Trinajstić information content (AvgIpc) is 2.28. The average molecular weight is 273 g/mol. The number of aromatic nitrogens is 2. The van der Waals surface area contributed by atoms with Crippen molar-refractivity contribution in [3.63, 3.8) is 0 Å². The zero-order valence-corrected chi connectivity index (χ0v) is 9.28. The zero-order chi connectivity index (χ0) is 14.2. The number of nitrogens with zero attached hydrogens (tertiary/aromatic N) is 2. The van der Waals surface area contributed by atoms with Crippen LogP contribution in [0.15, 0.2) is 35.4 Å². The molecule has 0 unspecified atom stereocenters. The highest BCUT2D eigenvalue weighted by atomic mass is 19.4. The van der Waals surface area contributed by atoms with Gasteiger partial charge in [-0.2, -0.15) is 13.2 Å². The third-order valence-electron chi connectivity index (χ3n) is 2.33. The fourth-order valence-corrected chi connectivity index (χ4v) is 1.46. The van der Waals surface area contributed by atoms with Crippen molar-refractivity contribution < 1.29 is 17.6 Å². The Hall–Kier alpha value is -2.38. The summed E-state index contributed by atoms with van der Waals surface area (Å²) < 4.78 is 51.2. The van der Waals surface area contributed by atoms with Crippen LogP contribution < -0.4 is 11.3 Å². The summed E-state index contributed by atoms with van der Waals surface area (Å²) in [6.45, 7) is 0. The molecule has 0 saturated carbocycles. The maximum absolute atomic E-state index is 13.6. The first-order chi connectivity index (χ1) is 8.79. The highest BCUT2D eigenvalue weighted by molar-refractivity contribution is 5.46. The largest absolute Gasteiger partial charge is 0.433 e. The number of anilines is 1. The summed E-state index contributed by atoms with van der Waals surface area (Å²) in [7, 11) is 0. The Kier molecular flexibility index (Phi) is 3.01. The summed E-state index contributed by atoms with van der Waals surface area (Å²) >= 11 is 0. The number of nitrogens with two attached hydrogens (primary N) is 1. The van der Waals surface area contributed by atoms with Crippen LogP contribution in [-0.4, -0.2) is 9.55 Å². The van der Waals surface area contributed by atoms with E-state index in [0.29, 0.717) is 17.0 Å². The van der Waals surface area contributed by atoms with E-state index in [1.807, 2.05) is 0 Å². The molecular weight excluding hydrogens is 266 g/mol. The van der Waals surface area contributed by atoms with Gasteiger partial charge >= 0.3 is 6.18 Å². The second-order valence-electron chi connectivity index (χ2n) is 3.69. The topological polar surface area (TPSA) is 60.9 Å². The number of rotatable bonds is 1. The van der Waals surface area contributed by atoms with E-state index in [2.05, 4.69) is 4.98 Å². The molecule has 1 aromatic heterocycles. The summed E-state index contributed by atoms with van der Waals surface area (Å²) in [5.74, 6) is -0.830. The molecular formula is C11H7F4N3O. The molecule has 0 aliphatic carbocycles. The van der Waals surface area contributed by atoms with E-state index in [0.717, 1.165) is 6.07 Å². The van der Waals surface area contributed by atoms with Gasteiger partial charge in [-0.1, -0.05) is 0 Å². The Balaban J connectivity index is 2.56. The fourth-order valence-electron chi connectivity index (χ4n) is 1.46. The Morgan fingerprint density at radius 2 is 1.89 bits per heavy atom. The van der Waals surface area contributed by atoms with Crippen molar-refractivity contribution in [1.82, 2.24) is 9.55 Å². The Morgan fingerprint density at radius 3 is 2.42 bits per heavy atom. The number of hydrogen-bond donors (Lipinski definition) is 1. The van der Waals surface area contributed by atoms with E-state index < -0.39 is 23.2 Å². The van der Waals surface area contributed by atoms with Crippen LogP contribution in [0.1, 0.15) is 5.69 Å². The molecule has 2 N–H and O–H groups in total. The van der Waals surface area contributed by atoms with Crippen molar-refractivity contribution >= 4 is 5.69 Å². The lowest BCUT2D eigenvalue weighted by Crippen LogP contribution is -2.22. The smallest absolute Gasteiger partial charge is 0.399 e. The van der Waals surface area contributed by atoms with Gasteiger partial charge in [-0.05, 0) is 18.2 Å². The minimum absolute atomic E-state index is 0.133. The minimum atomic E-state index is -4.72. The number of halogens is 4. The quantitative estimate of drug-likeness (QED) is 0.638. The van der Waals surface area contributed by atoms with Gasteiger partial charge in [-0.25, -0.2) is 9.37 Å². The molecule has 0 aliphatic rings. The molecule has 19 heavy (non-hydrogen) atoms. The molecule has 100 valence electrons. The van der Waals surface area contributed by atoms with Crippen molar-refractivity contribution in [2.24, 2.45) is 0 Å². The van der Waals surface area contributed by atoms with Crippen molar-refractivity contribution in [3.8, 4) is 5.69 Å². The number of benzene rings is 1. The molecule has 0 spiro atoms. The summed E-state index contributed by atoms with van der Waals surface area (Å²) in [4.78, 5) is 14.6. The Bertz CT molecular complexity index is 678. The molecule has 1 heterocycles. The molecule has 0 radical (unpaired) electrons. The second-order valence-corrected chi connectivity index (χ2v) is 3.69. The van der Waals surface area contributed by atoms with Gasteiger partial charge in [-0.3, -0.25) is 9.36 Å². The maximum atomic E-state index is 13.6. The van der Waals surface area contributed by atoms with E-state index in [1.54, 1.807) is 0 Å². The molecule has 0 atom stereocenters. The first-order valence-electron chi connectivity index (χ1n) is 5.00. The van der Waals surface area contributed by atoms with Crippen LogP contribution in [0, 0.1) is 5.82 Å². The van der Waals surface area contributed by atoms with Crippen molar-refractivity contribution in [1.29, 1.82) is 0 Å².